The van der Waals surface area contributed by atoms with E-state index in [1.807, 2.05) is 0 Å². The summed E-state index contributed by atoms with van der Waals surface area (Å²) in [6, 6.07) is 0.526. The third kappa shape index (κ3) is 2.55. The van der Waals surface area contributed by atoms with Crippen LogP contribution in [0.4, 0.5) is 11.5 Å². The number of carboxylic acids is 1. The normalized spacial score (nSPS) is 22.0. The second-order valence-corrected chi connectivity index (χ2v) is 4.69. The summed E-state index contributed by atoms with van der Waals surface area (Å²) in [5.74, 6) is -0.705. The molecule has 0 amide bonds. The fraction of sp³-hybridized carbons (Fsp3) is 0.500. The van der Waals surface area contributed by atoms with Gasteiger partial charge in [-0.3, -0.25) is 10.1 Å². The lowest BCUT2D eigenvalue weighted by Gasteiger charge is -2.22. The van der Waals surface area contributed by atoms with Crippen LogP contribution in [0.3, 0.4) is 0 Å². The minimum Gasteiger partial charge on any atom is -0.480 e. The van der Waals surface area contributed by atoms with E-state index < -0.39 is 16.9 Å². The van der Waals surface area contributed by atoms with Gasteiger partial charge in [-0.25, -0.2) is 9.78 Å². The first-order valence-corrected chi connectivity index (χ1v) is 6.07. The van der Waals surface area contributed by atoms with Gasteiger partial charge in [0.2, 0.25) is 0 Å². The van der Waals surface area contributed by atoms with E-state index >= 15 is 0 Å². The van der Waals surface area contributed by atoms with Crippen LogP contribution in [0, 0.1) is 17.0 Å². The van der Waals surface area contributed by atoms with Crippen molar-refractivity contribution in [3.63, 3.8) is 0 Å². The molecule has 0 aliphatic carbocycles. The van der Waals surface area contributed by atoms with Crippen molar-refractivity contribution in [1.29, 1.82) is 0 Å². The monoisotopic (exact) mass is 281 g/mol. The van der Waals surface area contributed by atoms with Gasteiger partial charge in [0.15, 0.2) is 0 Å². The van der Waals surface area contributed by atoms with Crippen LogP contribution in [0.2, 0.25) is 0 Å². The SMILES string of the molecule is COC1CC(C(=O)O)N(c2cc([N+](=O)[O-])c(C)cn2)C1. The van der Waals surface area contributed by atoms with Gasteiger partial charge in [-0.05, 0) is 6.92 Å². The summed E-state index contributed by atoms with van der Waals surface area (Å²) in [6.45, 7) is 1.94. The van der Waals surface area contributed by atoms with Gasteiger partial charge in [-0.15, -0.1) is 0 Å². The Morgan fingerprint density at radius 3 is 2.90 bits per heavy atom. The third-order valence-electron chi connectivity index (χ3n) is 3.43. The summed E-state index contributed by atoms with van der Waals surface area (Å²) in [5, 5.41) is 20.2. The van der Waals surface area contributed by atoms with Gasteiger partial charge in [0.1, 0.15) is 11.9 Å². The largest absolute Gasteiger partial charge is 0.480 e. The first-order valence-electron chi connectivity index (χ1n) is 6.07. The molecule has 1 aliphatic heterocycles. The number of rotatable bonds is 4. The van der Waals surface area contributed by atoms with Crippen LogP contribution in [0.15, 0.2) is 12.3 Å². The fourth-order valence-electron chi connectivity index (χ4n) is 2.31. The lowest BCUT2D eigenvalue weighted by molar-refractivity contribution is -0.385. The number of hydrogen-bond acceptors (Lipinski definition) is 6. The minimum absolute atomic E-state index is 0.0694. The number of aryl methyl sites for hydroxylation is 1. The summed E-state index contributed by atoms with van der Waals surface area (Å²) in [6.07, 6.45) is 1.49. The molecule has 0 saturated carbocycles. The molecule has 1 aromatic rings. The van der Waals surface area contributed by atoms with E-state index in [0.717, 1.165) is 0 Å². The number of anilines is 1. The number of aliphatic carboxylic acids is 1. The molecule has 0 radical (unpaired) electrons. The number of methoxy groups -OCH3 is 1. The Morgan fingerprint density at radius 1 is 1.65 bits per heavy atom. The van der Waals surface area contributed by atoms with Crippen molar-refractivity contribution in [2.45, 2.75) is 25.5 Å². The standard InChI is InChI=1S/C12H15N3O5/c1-7-5-13-11(4-9(7)15(18)19)14-6-8(20-2)3-10(14)12(16)17/h4-5,8,10H,3,6H2,1-2H3,(H,16,17). The highest BCUT2D eigenvalue weighted by atomic mass is 16.6. The molecule has 1 aromatic heterocycles. The van der Waals surface area contributed by atoms with Crippen molar-refractivity contribution < 1.29 is 19.6 Å². The Kier molecular flexibility index (Phi) is 3.84. The minimum atomic E-state index is -0.991. The highest BCUT2D eigenvalue weighted by molar-refractivity contribution is 5.79. The lowest BCUT2D eigenvalue weighted by atomic mass is 10.2. The number of nitrogens with zero attached hydrogens (tertiary/aromatic N) is 3. The average molecular weight is 281 g/mol. The molecule has 2 heterocycles. The molecule has 2 unspecified atom stereocenters. The highest BCUT2D eigenvalue weighted by Crippen LogP contribution is 2.29. The Morgan fingerprint density at radius 2 is 2.35 bits per heavy atom. The topological polar surface area (TPSA) is 106 Å². The van der Waals surface area contributed by atoms with Crippen molar-refractivity contribution in [2.24, 2.45) is 0 Å². The first-order chi connectivity index (χ1) is 9.43. The molecule has 8 nitrogen and oxygen atoms in total. The Bertz CT molecular complexity index is 548. The maximum atomic E-state index is 11.3. The van der Waals surface area contributed by atoms with Crippen LogP contribution in [-0.2, 0) is 9.53 Å². The van der Waals surface area contributed by atoms with Crippen molar-refractivity contribution in [3.8, 4) is 0 Å². The number of carbonyl (C=O) groups is 1. The van der Waals surface area contributed by atoms with Gasteiger partial charge in [0.05, 0.1) is 17.1 Å². The number of nitro groups is 1. The molecule has 0 spiro atoms. The molecule has 2 atom stereocenters. The Balaban J connectivity index is 2.36. The Labute approximate surface area is 115 Å². The summed E-state index contributed by atoms with van der Waals surface area (Å²) >= 11 is 0. The maximum absolute atomic E-state index is 11.3. The first kappa shape index (κ1) is 14.2. The molecule has 1 N–H and O–H groups in total. The van der Waals surface area contributed by atoms with Gasteiger partial charge in [-0.2, -0.15) is 0 Å². The molecule has 20 heavy (non-hydrogen) atoms. The third-order valence-corrected chi connectivity index (χ3v) is 3.43. The molecular weight excluding hydrogens is 266 g/mol. The second-order valence-electron chi connectivity index (χ2n) is 4.69. The van der Waals surface area contributed by atoms with E-state index in [2.05, 4.69) is 4.98 Å². The average Bonchev–Trinajstić information content (AvgIpc) is 2.83. The van der Waals surface area contributed by atoms with Crippen LogP contribution < -0.4 is 4.90 Å². The number of hydrogen-bond donors (Lipinski definition) is 1. The predicted molar refractivity (Wildman–Crippen MR) is 69.8 cm³/mol. The predicted octanol–water partition coefficient (Wildman–Crippen LogP) is 0.977. The van der Waals surface area contributed by atoms with E-state index in [-0.39, 0.29) is 17.6 Å². The van der Waals surface area contributed by atoms with E-state index in [1.54, 1.807) is 6.92 Å². The highest BCUT2D eigenvalue weighted by Gasteiger charge is 2.38. The van der Waals surface area contributed by atoms with Gasteiger partial charge >= 0.3 is 5.97 Å². The van der Waals surface area contributed by atoms with E-state index in [4.69, 9.17) is 4.74 Å². The molecule has 1 fully saturated rings. The zero-order chi connectivity index (χ0) is 14.9. The lowest BCUT2D eigenvalue weighted by Crippen LogP contribution is -2.36. The second kappa shape index (κ2) is 5.41. The summed E-state index contributed by atoms with van der Waals surface area (Å²) in [5.41, 5.74) is 0.369. The molecule has 108 valence electrons. The van der Waals surface area contributed by atoms with Crippen LogP contribution in [0.5, 0.6) is 0 Å². The summed E-state index contributed by atoms with van der Waals surface area (Å²) in [7, 11) is 1.51. The van der Waals surface area contributed by atoms with Crippen molar-refractivity contribution in [1.82, 2.24) is 4.98 Å². The van der Waals surface area contributed by atoms with Crippen molar-refractivity contribution in [3.05, 3.63) is 27.9 Å². The molecule has 1 saturated heterocycles. The summed E-state index contributed by atoms with van der Waals surface area (Å²) in [4.78, 5) is 27.4. The number of pyridine rings is 1. The molecule has 0 bridgehead atoms. The van der Waals surface area contributed by atoms with E-state index in [0.29, 0.717) is 18.5 Å². The zero-order valence-corrected chi connectivity index (χ0v) is 11.1. The van der Waals surface area contributed by atoms with Crippen LogP contribution in [-0.4, -0.2) is 46.8 Å². The number of aromatic nitrogens is 1. The number of carboxylic acid groups (broad SMARTS) is 1. The zero-order valence-electron chi connectivity index (χ0n) is 11.1. The molecule has 0 aromatic carbocycles. The molecular formula is C12H15N3O5. The smallest absolute Gasteiger partial charge is 0.326 e. The van der Waals surface area contributed by atoms with Gasteiger partial charge in [0.25, 0.3) is 5.69 Å². The molecule has 1 aliphatic rings. The molecule has 8 heteroatoms. The van der Waals surface area contributed by atoms with Crippen molar-refractivity contribution in [2.75, 3.05) is 18.6 Å². The quantitative estimate of drug-likeness (QED) is 0.647. The van der Waals surface area contributed by atoms with Crippen LogP contribution >= 0.6 is 0 Å². The maximum Gasteiger partial charge on any atom is 0.326 e. The van der Waals surface area contributed by atoms with E-state index in [9.17, 15) is 20.0 Å². The van der Waals surface area contributed by atoms with Gasteiger partial charge in [-0.1, -0.05) is 0 Å². The van der Waals surface area contributed by atoms with E-state index in [1.165, 1.54) is 24.3 Å². The summed E-state index contributed by atoms with van der Waals surface area (Å²) < 4.78 is 5.18. The fourth-order valence-corrected chi connectivity index (χ4v) is 2.31. The van der Waals surface area contributed by atoms with Gasteiger partial charge in [0, 0.05) is 31.8 Å². The Hall–Kier alpha value is -2.22. The van der Waals surface area contributed by atoms with Crippen molar-refractivity contribution >= 4 is 17.5 Å². The van der Waals surface area contributed by atoms with Gasteiger partial charge < -0.3 is 14.7 Å². The number of ether oxygens (including phenoxy) is 1. The van der Waals surface area contributed by atoms with Crippen LogP contribution in [0.1, 0.15) is 12.0 Å². The van der Waals surface area contributed by atoms with Crippen LogP contribution in [0.25, 0.3) is 0 Å². The molecule has 2 rings (SSSR count).